The van der Waals surface area contributed by atoms with Gasteiger partial charge in [-0.3, -0.25) is 4.79 Å². The number of methoxy groups -OCH3 is 1. The van der Waals surface area contributed by atoms with Crippen molar-refractivity contribution in [1.29, 1.82) is 0 Å². The van der Waals surface area contributed by atoms with Gasteiger partial charge in [0.2, 0.25) is 0 Å². The highest BCUT2D eigenvalue weighted by Gasteiger charge is 2.12. The van der Waals surface area contributed by atoms with E-state index in [0.717, 1.165) is 11.1 Å². The second-order valence-corrected chi connectivity index (χ2v) is 5.36. The standard InChI is InChI=1S/C16H14Cl2O2/c1-10-3-4-11(8-14(10)18)15(19)9-12-7-13(17)5-6-16(12)20-2/h3-8H,9H2,1-2H3. The Bertz CT molecular complexity index is 651. The molecule has 0 aliphatic carbocycles. The van der Waals surface area contributed by atoms with Gasteiger partial charge >= 0.3 is 0 Å². The van der Waals surface area contributed by atoms with Crippen LogP contribution in [0.1, 0.15) is 21.5 Å². The summed E-state index contributed by atoms with van der Waals surface area (Å²) < 4.78 is 5.24. The van der Waals surface area contributed by atoms with E-state index in [4.69, 9.17) is 27.9 Å². The van der Waals surface area contributed by atoms with Crippen LogP contribution in [0.2, 0.25) is 10.0 Å². The molecule has 104 valence electrons. The third kappa shape index (κ3) is 3.33. The molecule has 20 heavy (non-hydrogen) atoms. The molecule has 2 aromatic carbocycles. The number of Topliss-reactive ketones (excluding diaryl/α,β-unsaturated/α-hetero) is 1. The second-order valence-electron chi connectivity index (χ2n) is 4.52. The van der Waals surface area contributed by atoms with Crippen LogP contribution in [-0.2, 0) is 6.42 Å². The summed E-state index contributed by atoms with van der Waals surface area (Å²) >= 11 is 12.0. The fourth-order valence-electron chi connectivity index (χ4n) is 1.93. The molecule has 0 radical (unpaired) electrons. The Morgan fingerprint density at radius 3 is 2.55 bits per heavy atom. The summed E-state index contributed by atoms with van der Waals surface area (Å²) in [6, 6.07) is 10.5. The maximum absolute atomic E-state index is 12.3. The van der Waals surface area contributed by atoms with Crippen LogP contribution in [-0.4, -0.2) is 12.9 Å². The summed E-state index contributed by atoms with van der Waals surface area (Å²) in [4.78, 5) is 12.3. The Morgan fingerprint density at radius 1 is 1.15 bits per heavy atom. The van der Waals surface area contributed by atoms with E-state index < -0.39 is 0 Å². The second kappa shape index (κ2) is 6.29. The van der Waals surface area contributed by atoms with Crippen LogP contribution in [0.15, 0.2) is 36.4 Å². The lowest BCUT2D eigenvalue weighted by Gasteiger charge is -2.09. The van der Waals surface area contributed by atoms with E-state index in [-0.39, 0.29) is 12.2 Å². The monoisotopic (exact) mass is 308 g/mol. The van der Waals surface area contributed by atoms with Gasteiger partial charge in [0.05, 0.1) is 7.11 Å². The third-order valence-corrected chi connectivity index (χ3v) is 3.73. The number of rotatable bonds is 4. The normalized spacial score (nSPS) is 10.4. The molecule has 0 spiro atoms. The van der Waals surface area contributed by atoms with Crippen LogP contribution in [0, 0.1) is 6.92 Å². The van der Waals surface area contributed by atoms with Gasteiger partial charge in [0.15, 0.2) is 5.78 Å². The summed E-state index contributed by atoms with van der Waals surface area (Å²) in [5, 5.41) is 1.17. The van der Waals surface area contributed by atoms with Gasteiger partial charge in [-0.2, -0.15) is 0 Å². The number of aryl methyl sites for hydroxylation is 1. The first kappa shape index (κ1) is 14.9. The average molecular weight is 309 g/mol. The molecule has 0 heterocycles. The fourth-order valence-corrected chi connectivity index (χ4v) is 2.30. The van der Waals surface area contributed by atoms with Crippen LogP contribution in [0.4, 0.5) is 0 Å². The molecule has 0 amide bonds. The van der Waals surface area contributed by atoms with Crippen molar-refractivity contribution in [2.24, 2.45) is 0 Å². The Kier molecular flexibility index (Phi) is 4.69. The first-order chi connectivity index (χ1) is 9.51. The van der Waals surface area contributed by atoms with Crippen LogP contribution >= 0.6 is 23.2 Å². The Balaban J connectivity index is 2.27. The van der Waals surface area contributed by atoms with Crippen molar-refractivity contribution in [2.45, 2.75) is 13.3 Å². The van der Waals surface area contributed by atoms with Crippen LogP contribution < -0.4 is 4.74 Å². The molecule has 0 unspecified atom stereocenters. The fraction of sp³-hybridized carbons (Fsp3) is 0.188. The molecule has 2 nitrogen and oxygen atoms in total. The zero-order valence-electron chi connectivity index (χ0n) is 11.2. The molecule has 0 N–H and O–H groups in total. The minimum absolute atomic E-state index is 0.0209. The van der Waals surface area contributed by atoms with Gasteiger partial charge in [0.25, 0.3) is 0 Å². The lowest BCUT2D eigenvalue weighted by molar-refractivity contribution is 0.0992. The lowest BCUT2D eigenvalue weighted by atomic mass is 10.0. The number of carbonyl (C=O) groups is 1. The third-order valence-electron chi connectivity index (χ3n) is 3.09. The highest BCUT2D eigenvalue weighted by Crippen LogP contribution is 2.25. The molecule has 0 saturated heterocycles. The van der Waals surface area contributed by atoms with Gasteiger partial charge in [0, 0.05) is 27.6 Å². The van der Waals surface area contributed by atoms with Crippen LogP contribution in [0.25, 0.3) is 0 Å². The number of hydrogen-bond donors (Lipinski definition) is 0. The summed E-state index contributed by atoms with van der Waals surface area (Å²) in [5.41, 5.74) is 2.30. The van der Waals surface area contributed by atoms with Crippen molar-refractivity contribution in [3.8, 4) is 5.75 Å². The summed E-state index contributed by atoms with van der Waals surface area (Å²) in [7, 11) is 1.57. The molecular weight excluding hydrogens is 295 g/mol. The zero-order valence-corrected chi connectivity index (χ0v) is 12.8. The van der Waals surface area contributed by atoms with Gasteiger partial charge in [0.1, 0.15) is 5.75 Å². The predicted molar refractivity (Wildman–Crippen MR) is 82.2 cm³/mol. The summed E-state index contributed by atoms with van der Waals surface area (Å²) in [6.07, 6.45) is 0.225. The Morgan fingerprint density at radius 2 is 1.90 bits per heavy atom. The van der Waals surface area contributed by atoms with Gasteiger partial charge in [-0.05, 0) is 36.8 Å². The average Bonchev–Trinajstić information content (AvgIpc) is 2.42. The molecule has 0 aliphatic heterocycles. The van der Waals surface area contributed by atoms with Crippen molar-refractivity contribution in [2.75, 3.05) is 7.11 Å². The molecule has 4 heteroatoms. The number of ketones is 1. The van der Waals surface area contributed by atoms with E-state index in [1.165, 1.54) is 0 Å². The molecule has 0 bridgehead atoms. The van der Waals surface area contributed by atoms with E-state index in [0.29, 0.717) is 21.4 Å². The minimum atomic E-state index is -0.0209. The van der Waals surface area contributed by atoms with Gasteiger partial charge in [-0.15, -0.1) is 0 Å². The topological polar surface area (TPSA) is 26.3 Å². The van der Waals surface area contributed by atoms with Crippen molar-refractivity contribution >= 4 is 29.0 Å². The maximum atomic E-state index is 12.3. The Labute approximate surface area is 128 Å². The zero-order chi connectivity index (χ0) is 14.7. The largest absolute Gasteiger partial charge is 0.496 e. The summed E-state index contributed by atoms with van der Waals surface area (Å²) in [5.74, 6) is 0.633. The number of benzene rings is 2. The Hall–Kier alpha value is -1.51. The van der Waals surface area contributed by atoms with Crippen molar-refractivity contribution < 1.29 is 9.53 Å². The highest BCUT2D eigenvalue weighted by molar-refractivity contribution is 6.31. The first-order valence-electron chi connectivity index (χ1n) is 6.13. The van der Waals surface area contributed by atoms with E-state index in [2.05, 4.69) is 0 Å². The molecule has 0 atom stereocenters. The van der Waals surface area contributed by atoms with Gasteiger partial charge < -0.3 is 4.74 Å². The molecule has 2 rings (SSSR count). The maximum Gasteiger partial charge on any atom is 0.167 e. The molecule has 0 saturated carbocycles. The van der Waals surface area contributed by atoms with Crippen molar-refractivity contribution in [3.63, 3.8) is 0 Å². The molecule has 0 aliphatic rings. The van der Waals surface area contributed by atoms with E-state index >= 15 is 0 Å². The quantitative estimate of drug-likeness (QED) is 0.763. The number of ether oxygens (including phenoxy) is 1. The highest BCUT2D eigenvalue weighted by atomic mass is 35.5. The van der Waals surface area contributed by atoms with E-state index in [1.807, 2.05) is 13.0 Å². The molecule has 2 aromatic rings. The molecular formula is C16H14Cl2O2. The van der Waals surface area contributed by atoms with Gasteiger partial charge in [-0.1, -0.05) is 35.3 Å². The smallest absolute Gasteiger partial charge is 0.167 e. The van der Waals surface area contributed by atoms with E-state index in [1.54, 1.807) is 37.4 Å². The first-order valence-corrected chi connectivity index (χ1v) is 6.88. The molecule has 0 aromatic heterocycles. The molecule has 0 fully saturated rings. The van der Waals surface area contributed by atoms with Crippen LogP contribution in [0.5, 0.6) is 5.75 Å². The SMILES string of the molecule is COc1ccc(Cl)cc1CC(=O)c1ccc(C)c(Cl)c1. The number of halogens is 2. The van der Waals surface area contributed by atoms with Gasteiger partial charge in [-0.25, -0.2) is 0 Å². The lowest BCUT2D eigenvalue weighted by Crippen LogP contribution is -2.05. The number of carbonyl (C=O) groups excluding carboxylic acids is 1. The van der Waals surface area contributed by atoms with Crippen molar-refractivity contribution in [1.82, 2.24) is 0 Å². The predicted octanol–water partition coefficient (Wildman–Crippen LogP) is 4.74. The minimum Gasteiger partial charge on any atom is -0.496 e. The van der Waals surface area contributed by atoms with Crippen molar-refractivity contribution in [3.05, 3.63) is 63.1 Å². The summed E-state index contributed by atoms with van der Waals surface area (Å²) in [6.45, 7) is 1.90. The van der Waals surface area contributed by atoms with E-state index in [9.17, 15) is 4.79 Å². The van der Waals surface area contributed by atoms with Crippen LogP contribution in [0.3, 0.4) is 0 Å². The number of hydrogen-bond acceptors (Lipinski definition) is 2.